The van der Waals surface area contributed by atoms with Crippen molar-refractivity contribution in [3.05, 3.63) is 53.7 Å². The van der Waals surface area contributed by atoms with Crippen LogP contribution in [0.4, 0.5) is 11.5 Å². The van der Waals surface area contributed by atoms with Gasteiger partial charge in [0.25, 0.3) is 0 Å². The molecule has 0 bridgehead atoms. The Morgan fingerprint density at radius 1 is 1.09 bits per heavy atom. The molecule has 1 atom stereocenters. The summed E-state index contributed by atoms with van der Waals surface area (Å²) in [7, 11) is 0. The second-order valence-electron chi connectivity index (χ2n) is 8.11. The van der Waals surface area contributed by atoms with E-state index in [0.717, 1.165) is 32.0 Å². The lowest BCUT2D eigenvalue weighted by Crippen LogP contribution is -2.60. The molecule has 3 heterocycles. The van der Waals surface area contributed by atoms with Crippen LogP contribution in [0.25, 0.3) is 0 Å². The van der Waals surface area contributed by atoms with Crippen LogP contribution in [0.2, 0.25) is 5.02 Å². The molecule has 2 aliphatic heterocycles. The van der Waals surface area contributed by atoms with Crippen molar-refractivity contribution in [2.45, 2.75) is 12.5 Å². The largest absolute Gasteiger partial charge is 0.354 e. The number of carbonyl (C=O) groups excluding carboxylic acids is 3. The monoisotopic (exact) mass is 470 g/mol. The van der Waals surface area contributed by atoms with Gasteiger partial charge in [-0.2, -0.15) is 0 Å². The lowest BCUT2D eigenvalue weighted by molar-refractivity contribution is -0.145. The summed E-state index contributed by atoms with van der Waals surface area (Å²) >= 11 is 5.97. The molecule has 0 radical (unpaired) electrons. The molecule has 3 amide bonds. The number of carbonyl (C=O) groups is 3. The van der Waals surface area contributed by atoms with E-state index in [9.17, 15) is 14.4 Å². The van der Waals surface area contributed by atoms with Crippen LogP contribution in [0.3, 0.4) is 0 Å². The molecule has 1 aromatic carbocycles. The van der Waals surface area contributed by atoms with Crippen molar-refractivity contribution in [1.29, 1.82) is 0 Å². The van der Waals surface area contributed by atoms with Crippen LogP contribution in [0, 0.1) is 0 Å². The van der Waals surface area contributed by atoms with Crippen LogP contribution < -0.4 is 15.5 Å². The van der Waals surface area contributed by atoms with E-state index >= 15 is 0 Å². The number of halogens is 1. The summed E-state index contributed by atoms with van der Waals surface area (Å²) in [5.41, 5.74) is 0.548. The Morgan fingerprint density at radius 2 is 1.91 bits per heavy atom. The Hall–Kier alpha value is -3.17. The van der Waals surface area contributed by atoms with Gasteiger partial charge in [0.1, 0.15) is 11.9 Å². The molecule has 0 aliphatic carbocycles. The molecule has 4 rings (SSSR count). The van der Waals surface area contributed by atoms with Gasteiger partial charge in [-0.1, -0.05) is 23.7 Å². The average Bonchev–Trinajstić information content (AvgIpc) is 2.81. The molecular formula is C23H27ClN6O3. The second-order valence-corrected chi connectivity index (χ2v) is 8.54. The summed E-state index contributed by atoms with van der Waals surface area (Å²) in [6, 6.07) is 11.8. The van der Waals surface area contributed by atoms with Crippen molar-refractivity contribution in [3.8, 4) is 0 Å². The summed E-state index contributed by atoms with van der Waals surface area (Å²) in [5, 5.41) is 6.01. The fourth-order valence-electron chi connectivity index (χ4n) is 4.13. The van der Waals surface area contributed by atoms with E-state index in [4.69, 9.17) is 11.6 Å². The molecule has 9 nitrogen and oxygen atoms in total. The predicted molar refractivity (Wildman–Crippen MR) is 126 cm³/mol. The third-order valence-corrected chi connectivity index (χ3v) is 6.08. The molecule has 174 valence electrons. The number of hydrogen-bond acceptors (Lipinski definition) is 6. The lowest BCUT2D eigenvalue weighted by Gasteiger charge is -2.38. The second kappa shape index (κ2) is 10.6. The highest BCUT2D eigenvalue weighted by Crippen LogP contribution is 2.17. The van der Waals surface area contributed by atoms with E-state index in [1.165, 1.54) is 4.90 Å². The Bertz CT molecular complexity index is 997. The fourth-order valence-corrected chi connectivity index (χ4v) is 4.32. The van der Waals surface area contributed by atoms with Crippen molar-refractivity contribution in [3.63, 3.8) is 0 Å². The minimum absolute atomic E-state index is 0.114. The van der Waals surface area contributed by atoms with Gasteiger partial charge in [0, 0.05) is 56.2 Å². The molecule has 2 N–H and O–H groups in total. The van der Waals surface area contributed by atoms with E-state index in [1.54, 1.807) is 30.5 Å². The fraction of sp³-hybridized carbons (Fsp3) is 0.391. The molecule has 0 saturated carbocycles. The highest BCUT2D eigenvalue weighted by Gasteiger charge is 2.35. The third-order valence-electron chi connectivity index (χ3n) is 5.84. The number of benzene rings is 1. The SMILES string of the molecule is O=C(C[C@H]1C(=O)NCCN1C(=O)CN1CCN(c2ccccn2)CC1)Nc1cccc(Cl)c1. The van der Waals surface area contributed by atoms with Gasteiger partial charge in [0.05, 0.1) is 13.0 Å². The highest BCUT2D eigenvalue weighted by atomic mass is 35.5. The maximum Gasteiger partial charge on any atom is 0.243 e. The zero-order valence-corrected chi connectivity index (χ0v) is 19.0. The van der Waals surface area contributed by atoms with E-state index in [0.29, 0.717) is 23.8 Å². The molecule has 2 fully saturated rings. The van der Waals surface area contributed by atoms with Crippen LogP contribution >= 0.6 is 11.6 Å². The molecule has 2 saturated heterocycles. The van der Waals surface area contributed by atoms with Crippen molar-refractivity contribution in [1.82, 2.24) is 20.1 Å². The van der Waals surface area contributed by atoms with Gasteiger partial charge >= 0.3 is 0 Å². The average molecular weight is 471 g/mol. The summed E-state index contributed by atoms with van der Waals surface area (Å²) in [5.74, 6) is 0.135. The number of hydrogen-bond donors (Lipinski definition) is 2. The van der Waals surface area contributed by atoms with Crippen molar-refractivity contribution < 1.29 is 14.4 Å². The number of pyridine rings is 1. The first-order valence-electron chi connectivity index (χ1n) is 11.0. The number of amides is 3. The number of piperazine rings is 2. The minimum Gasteiger partial charge on any atom is -0.354 e. The van der Waals surface area contributed by atoms with Gasteiger partial charge in [-0.25, -0.2) is 4.98 Å². The van der Waals surface area contributed by atoms with Gasteiger partial charge in [-0.15, -0.1) is 0 Å². The van der Waals surface area contributed by atoms with Crippen LogP contribution in [0.5, 0.6) is 0 Å². The molecule has 2 aromatic rings. The first-order chi connectivity index (χ1) is 16.0. The first kappa shape index (κ1) is 23.0. The highest BCUT2D eigenvalue weighted by molar-refractivity contribution is 6.30. The van der Waals surface area contributed by atoms with E-state index in [-0.39, 0.29) is 30.7 Å². The predicted octanol–water partition coefficient (Wildman–Crippen LogP) is 1.21. The molecule has 0 spiro atoms. The van der Waals surface area contributed by atoms with Crippen LogP contribution in [-0.4, -0.2) is 84.4 Å². The number of aromatic nitrogens is 1. The summed E-state index contributed by atoms with van der Waals surface area (Å²) < 4.78 is 0. The van der Waals surface area contributed by atoms with Crippen LogP contribution in [0.1, 0.15) is 6.42 Å². The molecule has 33 heavy (non-hydrogen) atoms. The Labute approximate surface area is 197 Å². The molecule has 2 aliphatic rings. The zero-order chi connectivity index (χ0) is 23.2. The molecular weight excluding hydrogens is 444 g/mol. The van der Waals surface area contributed by atoms with Gasteiger partial charge < -0.3 is 20.4 Å². The lowest BCUT2D eigenvalue weighted by atomic mass is 10.1. The topological polar surface area (TPSA) is 97.9 Å². The zero-order valence-electron chi connectivity index (χ0n) is 18.2. The van der Waals surface area contributed by atoms with Gasteiger partial charge in [-0.05, 0) is 30.3 Å². The number of rotatable bonds is 6. The summed E-state index contributed by atoms with van der Waals surface area (Å²) in [4.78, 5) is 48.4. The van der Waals surface area contributed by atoms with E-state index < -0.39 is 6.04 Å². The van der Waals surface area contributed by atoms with Crippen molar-refractivity contribution in [2.75, 3.05) is 56.0 Å². The smallest absolute Gasteiger partial charge is 0.243 e. The number of nitrogens with zero attached hydrogens (tertiary/aromatic N) is 4. The summed E-state index contributed by atoms with van der Waals surface area (Å²) in [6.45, 7) is 3.98. The normalized spacial score (nSPS) is 19.2. The standard InChI is InChI=1S/C23H27ClN6O3/c24-17-4-3-5-18(14-17)27-21(31)15-19-23(33)26-8-9-30(19)22(32)16-28-10-12-29(13-11-28)20-6-1-2-7-25-20/h1-7,14,19H,8-13,15-16H2,(H,26,33)(H,27,31)/t19-/m0/s1. The minimum atomic E-state index is -0.833. The Balaban J connectivity index is 1.32. The first-order valence-corrected chi connectivity index (χ1v) is 11.4. The van der Waals surface area contributed by atoms with Gasteiger partial charge in [0.2, 0.25) is 17.7 Å². The van der Waals surface area contributed by atoms with Crippen molar-refractivity contribution in [2.24, 2.45) is 0 Å². The van der Waals surface area contributed by atoms with Crippen molar-refractivity contribution >= 4 is 40.8 Å². The maximum absolute atomic E-state index is 13.1. The Morgan fingerprint density at radius 3 is 2.64 bits per heavy atom. The molecule has 10 heteroatoms. The third kappa shape index (κ3) is 6.00. The Kier molecular flexibility index (Phi) is 7.41. The van der Waals surface area contributed by atoms with Crippen LogP contribution in [-0.2, 0) is 14.4 Å². The number of nitrogens with one attached hydrogen (secondary N) is 2. The van der Waals surface area contributed by atoms with Gasteiger partial charge in [0.15, 0.2) is 0 Å². The van der Waals surface area contributed by atoms with E-state index in [2.05, 4.69) is 25.4 Å². The number of anilines is 2. The van der Waals surface area contributed by atoms with Crippen LogP contribution in [0.15, 0.2) is 48.7 Å². The van der Waals surface area contributed by atoms with E-state index in [1.807, 2.05) is 18.2 Å². The van der Waals surface area contributed by atoms with Gasteiger partial charge in [-0.3, -0.25) is 19.3 Å². The molecule has 0 unspecified atom stereocenters. The maximum atomic E-state index is 13.1. The summed E-state index contributed by atoms with van der Waals surface area (Å²) in [6.07, 6.45) is 1.66. The quantitative estimate of drug-likeness (QED) is 0.658. The molecule has 1 aromatic heterocycles.